The number of fused-ring (bicyclic) bond motifs is 3. The molecule has 1 N–H and O–H groups in total. The van der Waals surface area contributed by atoms with Gasteiger partial charge < -0.3 is 9.84 Å². The largest absolute Gasteiger partial charge is 0.473 e. The highest BCUT2D eigenvalue weighted by Crippen LogP contribution is 2.34. The monoisotopic (exact) mass is 249 g/mol. The zero-order chi connectivity index (χ0) is 11.0. The van der Waals surface area contributed by atoms with Crippen molar-refractivity contribution < 1.29 is 19.4 Å². The highest BCUT2D eigenvalue weighted by molar-refractivity contribution is 6.28. The highest BCUT2D eigenvalue weighted by Gasteiger charge is 2.42. The summed E-state index contributed by atoms with van der Waals surface area (Å²) in [4.78, 5) is 23.6. The van der Waals surface area contributed by atoms with E-state index in [9.17, 15) is 9.59 Å². The predicted octanol–water partition coefficient (Wildman–Crippen LogP) is 0.519. The van der Waals surface area contributed by atoms with E-state index >= 15 is 0 Å². The van der Waals surface area contributed by atoms with Crippen LogP contribution in [0.5, 0.6) is 0 Å². The molecule has 6 heteroatoms. The maximum Gasteiger partial charge on any atom is 0.417 e. The number of piperidine rings is 3. The molecule has 3 rings (SSSR count). The highest BCUT2D eigenvalue weighted by atomic mass is 35.5. The molecule has 2 atom stereocenters. The van der Waals surface area contributed by atoms with Gasteiger partial charge in [-0.3, -0.25) is 4.90 Å². The first-order valence-corrected chi connectivity index (χ1v) is 5.27. The summed E-state index contributed by atoms with van der Waals surface area (Å²) in [5.41, 5.74) is 0. The van der Waals surface area contributed by atoms with Crippen LogP contribution in [0.15, 0.2) is 0 Å². The van der Waals surface area contributed by atoms with Crippen LogP contribution in [0.25, 0.3) is 0 Å². The number of nitrogens with zero attached hydrogens (tertiary/aromatic N) is 1. The van der Waals surface area contributed by atoms with Crippen LogP contribution < -0.4 is 0 Å². The average Bonchev–Trinajstić information content (AvgIpc) is 2.23. The number of carbonyl (C=O) groups is 2. The molecule has 2 bridgehead atoms. The smallest absolute Gasteiger partial charge is 0.417 e. The molecule has 3 saturated heterocycles. The molecular weight excluding hydrogens is 234 g/mol. The molecule has 3 aliphatic rings. The quantitative estimate of drug-likeness (QED) is 0.542. The normalized spacial score (nSPS) is 36.3. The van der Waals surface area contributed by atoms with E-state index < -0.39 is 11.9 Å². The van der Waals surface area contributed by atoms with Crippen LogP contribution in [-0.2, 0) is 14.3 Å². The van der Waals surface area contributed by atoms with Crippen LogP contribution >= 0.6 is 12.4 Å². The van der Waals surface area contributed by atoms with Gasteiger partial charge in [0.05, 0.1) is 0 Å². The summed E-state index contributed by atoms with van der Waals surface area (Å²) in [6.07, 6.45) is 1.76. The summed E-state index contributed by atoms with van der Waals surface area (Å²) in [7, 11) is 0. The second-order valence-corrected chi connectivity index (χ2v) is 4.29. The molecule has 3 fully saturated rings. The molecule has 1 unspecified atom stereocenters. The van der Waals surface area contributed by atoms with Crippen LogP contribution in [0, 0.1) is 5.92 Å². The predicted molar refractivity (Wildman–Crippen MR) is 58.5 cm³/mol. The molecule has 3 aliphatic heterocycles. The standard InChI is InChI=1S/C10H15NO4.ClH/c1-6-8(15-10(14)9(12)13)7-2-4-11(6)5-3-7;/h6-8H,2-5H2,1H3,(H,12,13);1H/t6-,8?;/m0./s1. The van der Waals surface area contributed by atoms with Gasteiger partial charge in [0.15, 0.2) is 0 Å². The first kappa shape index (κ1) is 13.3. The van der Waals surface area contributed by atoms with Crippen molar-refractivity contribution in [3.63, 3.8) is 0 Å². The van der Waals surface area contributed by atoms with E-state index in [0.29, 0.717) is 5.92 Å². The first-order valence-electron chi connectivity index (χ1n) is 5.27. The number of carbonyl (C=O) groups excluding carboxylic acids is 1. The summed E-state index contributed by atoms with van der Waals surface area (Å²) in [6.45, 7) is 4.06. The Kier molecular flexibility index (Phi) is 4.15. The van der Waals surface area contributed by atoms with Crippen molar-refractivity contribution >= 4 is 24.3 Å². The Morgan fingerprint density at radius 1 is 1.31 bits per heavy atom. The van der Waals surface area contributed by atoms with Crippen molar-refractivity contribution in [2.24, 2.45) is 5.92 Å². The fourth-order valence-electron chi connectivity index (χ4n) is 2.63. The van der Waals surface area contributed by atoms with Crippen LogP contribution in [0.4, 0.5) is 0 Å². The molecular formula is C10H16ClNO4. The van der Waals surface area contributed by atoms with Crippen molar-refractivity contribution in [3.05, 3.63) is 0 Å². The molecule has 0 spiro atoms. The third-order valence-electron chi connectivity index (χ3n) is 3.51. The molecule has 16 heavy (non-hydrogen) atoms. The molecule has 0 aromatic carbocycles. The van der Waals surface area contributed by atoms with Crippen LogP contribution in [0.3, 0.4) is 0 Å². The number of hydrogen-bond acceptors (Lipinski definition) is 4. The third kappa shape index (κ3) is 2.30. The van der Waals surface area contributed by atoms with E-state index in [0.717, 1.165) is 25.9 Å². The fourth-order valence-corrected chi connectivity index (χ4v) is 2.63. The lowest BCUT2D eigenvalue weighted by atomic mass is 9.81. The molecule has 0 radical (unpaired) electrons. The van der Waals surface area contributed by atoms with Gasteiger partial charge in [0, 0.05) is 6.04 Å². The zero-order valence-electron chi connectivity index (χ0n) is 9.09. The van der Waals surface area contributed by atoms with Crippen molar-refractivity contribution in [1.82, 2.24) is 4.90 Å². The number of carboxylic acid groups (broad SMARTS) is 1. The molecule has 0 amide bonds. The van der Waals surface area contributed by atoms with Gasteiger partial charge in [0.2, 0.25) is 0 Å². The molecule has 92 valence electrons. The molecule has 0 saturated carbocycles. The number of esters is 1. The molecule has 5 nitrogen and oxygen atoms in total. The molecule has 0 aromatic heterocycles. The Hall–Kier alpha value is -0.810. The van der Waals surface area contributed by atoms with E-state index in [1.165, 1.54) is 0 Å². The summed E-state index contributed by atoms with van der Waals surface area (Å²) < 4.78 is 5.02. The van der Waals surface area contributed by atoms with Gasteiger partial charge in [-0.2, -0.15) is 0 Å². The first-order chi connectivity index (χ1) is 7.09. The minimum absolute atomic E-state index is 0. The van der Waals surface area contributed by atoms with E-state index in [-0.39, 0.29) is 24.6 Å². The van der Waals surface area contributed by atoms with Crippen molar-refractivity contribution in [2.45, 2.75) is 31.9 Å². The van der Waals surface area contributed by atoms with Gasteiger partial charge in [0.25, 0.3) is 0 Å². The maximum absolute atomic E-state index is 11.0. The van der Waals surface area contributed by atoms with Gasteiger partial charge in [-0.1, -0.05) is 0 Å². The Balaban J connectivity index is 0.00000128. The summed E-state index contributed by atoms with van der Waals surface area (Å²) >= 11 is 0. The SMILES string of the molecule is C[C@H]1C(OC(=O)C(=O)O)C2CCN1CC2.Cl. The Morgan fingerprint density at radius 3 is 2.31 bits per heavy atom. The maximum atomic E-state index is 11.0. The fraction of sp³-hybridized carbons (Fsp3) is 0.800. The summed E-state index contributed by atoms with van der Waals surface area (Å²) in [5, 5.41) is 8.48. The second kappa shape index (κ2) is 5.01. The molecule has 0 aliphatic carbocycles. The van der Waals surface area contributed by atoms with Crippen molar-refractivity contribution in [1.29, 1.82) is 0 Å². The Labute approximate surface area is 100 Å². The van der Waals surface area contributed by atoms with Gasteiger partial charge in [-0.05, 0) is 38.8 Å². The number of aliphatic carboxylic acids is 1. The second-order valence-electron chi connectivity index (χ2n) is 4.29. The molecule has 0 aromatic rings. The number of halogens is 1. The van der Waals surface area contributed by atoms with Crippen LogP contribution in [0.2, 0.25) is 0 Å². The van der Waals surface area contributed by atoms with E-state index in [2.05, 4.69) is 4.90 Å². The Bertz CT molecular complexity index is 287. The number of rotatable bonds is 1. The average molecular weight is 250 g/mol. The molecule has 3 heterocycles. The van der Waals surface area contributed by atoms with Gasteiger partial charge in [-0.15, -0.1) is 12.4 Å². The Morgan fingerprint density at radius 2 is 1.88 bits per heavy atom. The number of hydrogen-bond donors (Lipinski definition) is 1. The van der Waals surface area contributed by atoms with Crippen LogP contribution in [0.1, 0.15) is 19.8 Å². The minimum atomic E-state index is -1.50. The lowest BCUT2D eigenvalue weighted by Crippen LogP contribution is -2.58. The van der Waals surface area contributed by atoms with E-state index in [4.69, 9.17) is 9.84 Å². The van der Waals surface area contributed by atoms with Gasteiger partial charge >= 0.3 is 11.9 Å². The summed E-state index contributed by atoms with van der Waals surface area (Å²) in [6, 6.07) is 0.154. The van der Waals surface area contributed by atoms with Gasteiger partial charge in [-0.25, -0.2) is 9.59 Å². The van der Waals surface area contributed by atoms with Crippen molar-refractivity contribution in [3.8, 4) is 0 Å². The summed E-state index contributed by atoms with van der Waals surface area (Å²) in [5.74, 6) is -2.28. The van der Waals surface area contributed by atoms with E-state index in [1.807, 2.05) is 6.92 Å². The number of carboxylic acids is 1. The lowest BCUT2D eigenvalue weighted by Gasteiger charge is -2.48. The van der Waals surface area contributed by atoms with E-state index in [1.54, 1.807) is 0 Å². The minimum Gasteiger partial charge on any atom is -0.473 e. The lowest BCUT2D eigenvalue weighted by molar-refractivity contribution is -0.177. The third-order valence-corrected chi connectivity index (χ3v) is 3.51. The zero-order valence-corrected chi connectivity index (χ0v) is 9.90. The topological polar surface area (TPSA) is 66.8 Å². The number of ether oxygens (including phenoxy) is 1. The van der Waals surface area contributed by atoms with Gasteiger partial charge in [0.1, 0.15) is 6.10 Å². The van der Waals surface area contributed by atoms with Crippen LogP contribution in [-0.4, -0.2) is 47.2 Å². The van der Waals surface area contributed by atoms with Crippen molar-refractivity contribution in [2.75, 3.05) is 13.1 Å².